The Bertz CT molecular complexity index is 1300. The topological polar surface area (TPSA) is 70.0 Å². The van der Waals surface area contributed by atoms with E-state index in [4.69, 9.17) is 0 Å². The van der Waals surface area contributed by atoms with Gasteiger partial charge in [0.15, 0.2) is 11.6 Å². The number of carbonyl (C=O) groups excluding carboxylic acids is 2. The lowest BCUT2D eigenvalue weighted by molar-refractivity contribution is 0.103. The summed E-state index contributed by atoms with van der Waals surface area (Å²) in [5.74, 6) is 0.194. The van der Waals surface area contributed by atoms with E-state index in [0.717, 1.165) is 0 Å². The van der Waals surface area contributed by atoms with Crippen molar-refractivity contribution in [3.63, 3.8) is 0 Å². The van der Waals surface area contributed by atoms with Gasteiger partial charge in [0, 0.05) is 28.8 Å². The average Bonchev–Trinajstić information content (AvgIpc) is 3.34. The molecule has 0 fully saturated rings. The summed E-state index contributed by atoms with van der Waals surface area (Å²) < 4.78 is 0. The summed E-state index contributed by atoms with van der Waals surface area (Å²) in [6.07, 6.45) is 1.63. The molecule has 0 amide bonds. The lowest BCUT2D eigenvalue weighted by Crippen LogP contribution is -2.35. The van der Waals surface area contributed by atoms with E-state index in [1.165, 1.54) is 0 Å². The van der Waals surface area contributed by atoms with Crippen LogP contribution >= 0.6 is 0 Å². The molecule has 0 bridgehead atoms. The second-order valence-corrected chi connectivity index (χ2v) is 7.58. The predicted octanol–water partition coefficient (Wildman–Crippen LogP) is 4.52. The molecule has 5 nitrogen and oxygen atoms in total. The Kier molecular flexibility index (Phi) is 5.00. The van der Waals surface area contributed by atoms with Gasteiger partial charge in [-0.05, 0) is 18.2 Å². The van der Waals surface area contributed by atoms with Gasteiger partial charge in [0.2, 0.25) is 0 Å². The number of benzene rings is 3. The maximum absolute atomic E-state index is 13.6. The number of carbonyl (C=O) groups is 2. The molecule has 3 aromatic rings. The Balaban J connectivity index is 1.75. The molecule has 3 aromatic carbocycles. The monoisotopic (exact) mass is 420 g/mol. The second-order valence-electron chi connectivity index (χ2n) is 7.58. The summed E-state index contributed by atoms with van der Waals surface area (Å²) in [4.78, 5) is 33.5. The molecular formula is C27H20N2O3. The highest BCUT2D eigenvalue weighted by atomic mass is 16.3. The molecular weight excluding hydrogens is 400 g/mol. The first-order chi connectivity index (χ1) is 15.6. The largest absolute Gasteiger partial charge is 0.507 e. The van der Waals surface area contributed by atoms with Crippen molar-refractivity contribution in [1.29, 1.82) is 0 Å². The average molecular weight is 420 g/mol. The first-order valence-electron chi connectivity index (χ1n) is 10.4. The number of ketones is 2. The molecule has 0 aromatic heterocycles. The summed E-state index contributed by atoms with van der Waals surface area (Å²) in [6.45, 7) is 1.02. The van der Waals surface area contributed by atoms with E-state index < -0.39 is 0 Å². The molecule has 2 heterocycles. The van der Waals surface area contributed by atoms with Gasteiger partial charge in [0.25, 0.3) is 0 Å². The van der Waals surface area contributed by atoms with Gasteiger partial charge in [0.05, 0.1) is 17.8 Å². The van der Waals surface area contributed by atoms with Crippen LogP contribution in [-0.2, 0) is 0 Å². The van der Waals surface area contributed by atoms with Crippen molar-refractivity contribution < 1.29 is 14.7 Å². The number of hydrogen-bond acceptors (Lipinski definition) is 5. The third kappa shape index (κ3) is 3.34. The van der Waals surface area contributed by atoms with Crippen LogP contribution in [0.4, 0.5) is 0 Å². The second kappa shape index (κ2) is 8.12. The quantitative estimate of drug-likeness (QED) is 0.616. The maximum Gasteiger partial charge on any atom is 0.196 e. The zero-order valence-electron chi connectivity index (χ0n) is 17.2. The molecule has 0 saturated heterocycles. The third-order valence-corrected chi connectivity index (χ3v) is 5.62. The Morgan fingerprint density at radius 2 is 1.38 bits per heavy atom. The number of aliphatic imine (C=N–C) groups is 1. The van der Waals surface area contributed by atoms with E-state index in [-0.39, 0.29) is 17.3 Å². The van der Waals surface area contributed by atoms with Gasteiger partial charge >= 0.3 is 0 Å². The number of fused-ring (bicyclic) bond motifs is 1. The van der Waals surface area contributed by atoms with Crippen molar-refractivity contribution in [3.8, 4) is 5.75 Å². The molecule has 0 saturated carbocycles. The van der Waals surface area contributed by atoms with Gasteiger partial charge in [-0.25, -0.2) is 0 Å². The van der Waals surface area contributed by atoms with Crippen LogP contribution in [0.2, 0.25) is 0 Å². The van der Waals surface area contributed by atoms with Gasteiger partial charge in [-0.2, -0.15) is 0 Å². The number of aromatic hydroxyl groups is 1. The van der Waals surface area contributed by atoms with Crippen LogP contribution in [-0.4, -0.2) is 40.5 Å². The molecule has 156 valence electrons. The minimum absolute atomic E-state index is 0.0679. The number of rotatable bonds is 5. The Labute approximate surface area is 185 Å². The van der Waals surface area contributed by atoms with Gasteiger partial charge in [-0.3, -0.25) is 14.6 Å². The van der Waals surface area contributed by atoms with E-state index in [0.29, 0.717) is 52.5 Å². The van der Waals surface area contributed by atoms with Gasteiger partial charge in [0.1, 0.15) is 11.6 Å². The molecule has 0 unspecified atom stereocenters. The molecule has 1 N–H and O–H groups in total. The minimum atomic E-state index is -0.215. The standard InChI is InChI=1S/C27H20N2O3/c30-23-14-8-7-13-20(23)24-21(25(31)18-9-3-1-4-10-18)17-22(27-28-15-16-29(24)27)26(32)19-11-5-2-6-12-19/h1-14,17,30H,15-16H2. The number of phenolic OH excluding ortho intramolecular Hbond substituents is 1. The zero-order chi connectivity index (χ0) is 22.1. The first kappa shape index (κ1) is 19.7. The zero-order valence-corrected chi connectivity index (χ0v) is 17.2. The number of nitrogens with zero attached hydrogens (tertiary/aromatic N) is 2. The fourth-order valence-electron chi connectivity index (χ4n) is 4.11. The maximum atomic E-state index is 13.6. The van der Waals surface area contributed by atoms with Crippen LogP contribution in [0.3, 0.4) is 0 Å². The van der Waals surface area contributed by atoms with Gasteiger partial charge in [-0.1, -0.05) is 72.8 Å². The molecule has 0 radical (unpaired) electrons. The first-order valence-corrected chi connectivity index (χ1v) is 10.4. The number of allylic oxidation sites excluding steroid dienone is 2. The van der Waals surface area contributed by atoms with Gasteiger partial charge in [-0.15, -0.1) is 0 Å². The van der Waals surface area contributed by atoms with Gasteiger partial charge < -0.3 is 10.0 Å². The van der Waals surface area contributed by atoms with Crippen LogP contribution < -0.4 is 0 Å². The Hall–Kier alpha value is -4.25. The van der Waals surface area contributed by atoms with Crippen LogP contribution in [0.25, 0.3) is 5.70 Å². The van der Waals surface area contributed by atoms with Crippen molar-refractivity contribution in [2.45, 2.75) is 0 Å². The van der Waals surface area contributed by atoms with Crippen molar-refractivity contribution >= 4 is 23.1 Å². The third-order valence-electron chi connectivity index (χ3n) is 5.62. The van der Waals surface area contributed by atoms with Crippen LogP contribution in [0.5, 0.6) is 5.75 Å². The lowest BCUT2D eigenvalue weighted by Gasteiger charge is -2.31. The fraction of sp³-hybridized carbons (Fsp3) is 0.0741. The Morgan fingerprint density at radius 3 is 2.03 bits per heavy atom. The lowest BCUT2D eigenvalue weighted by atomic mass is 9.89. The van der Waals surface area contributed by atoms with E-state index in [1.807, 2.05) is 35.2 Å². The van der Waals surface area contributed by atoms with Crippen molar-refractivity contribution in [3.05, 3.63) is 119 Å². The Morgan fingerprint density at radius 1 is 0.781 bits per heavy atom. The highest BCUT2D eigenvalue weighted by Crippen LogP contribution is 2.38. The molecule has 0 spiro atoms. The summed E-state index contributed by atoms with van der Waals surface area (Å²) >= 11 is 0. The van der Waals surface area contributed by atoms with E-state index in [1.54, 1.807) is 60.7 Å². The fourth-order valence-corrected chi connectivity index (χ4v) is 4.11. The predicted molar refractivity (Wildman–Crippen MR) is 124 cm³/mol. The summed E-state index contributed by atoms with van der Waals surface area (Å²) in [6, 6.07) is 24.8. The highest BCUT2D eigenvalue weighted by Gasteiger charge is 2.36. The molecule has 0 aliphatic carbocycles. The van der Waals surface area contributed by atoms with E-state index >= 15 is 0 Å². The van der Waals surface area contributed by atoms with E-state index in [2.05, 4.69) is 4.99 Å². The molecule has 2 aliphatic rings. The highest BCUT2D eigenvalue weighted by molar-refractivity contribution is 6.32. The van der Waals surface area contributed by atoms with Crippen LogP contribution in [0.1, 0.15) is 26.3 Å². The molecule has 5 rings (SSSR count). The number of hydrogen-bond donors (Lipinski definition) is 1. The molecule has 2 aliphatic heterocycles. The summed E-state index contributed by atoms with van der Waals surface area (Å²) in [5.41, 5.74) is 2.88. The number of amidine groups is 1. The smallest absolute Gasteiger partial charge is 0.196 e. The van der Waals surface area contributed by atoms with Crippen LogP contribution in [0.15, 0.2) is 107 Å². The van der Waals surface area contributed by atoms with Crippen molar-refractivity contribution in [2.24, 2.45) is 4.99 Å². The normalized spacial score (nSPS) is 15.2. The molecule has 5 heteroatoms. The summed E-state index contributed by atoms with van der Waals surface area (Å²) in [5, 5.41) is 10.6. The van der Waals surface area contributed by atoms with Crippen molar-refractivity contribution in [2.75, 3.05) is 13.1 Å². The SMILES string of the molecule is O=C(C1=CC(C(=O)c2ccccc2)=C(c2ccccc2O)N2CCN=C12)c1ccccc1. The van der Waals surface area contributed by atoms with Crippen molar-refractivity contribution in [1.82, 2.24) is 4.90 Å². The number of phenols is 1. The molecule has 0 atom stereocenters. The minimum Gasteiger partial charge on any atom is -0.507 e. The number of Topliss-reactive ketones (excluding diaryl/α,β-unsaturated/α-hetero) is 2. The molecule has 32 heavy (non-hydrogen) atoms. The summed E-state index contributed by atoms with van der Waals surface area (Å²) in [7, 11) is 0. The van der Waals surface area contributed by atoms with E-state index in [9.17, 15) is 14.7 Å². The number of para-hydroxylation sites is 1. The van der Waals surface area contributed by atoms with Crippen LogP contribution in [0, 0.1) is 0 Å².